The van der Waals surface area contributed by atoms with Crippen LogP contribution in [0.5, 0.6) is 0 Å². The predicted octanol–water partition coefficient (Wildman–Crippen LogP) is 21.4. The van der Waals surface area contributed by atoms with E-state index >= 15 is 0 Å². The number of aromatic nitrogens is 6. The summed E-state index contributed by atoms with van der Waals surface area (Å²) in [5.74, 6) is 0. The molecule has 0 saturated carbocycles. The number of hydrogen-bond donors (Lipinski definition) is 0. The average molecular weight is 1850 g/mol. The molecule has 19 rings (SSSR count). The molecule has 604 valence electrons. The molecule has 1 saturated heterocycles. The van der Waals surface area contributed by atoms with E-state index in [1.807, 2.05) is 118 Å². The van der Waals surface area contributed by atoms with Crippen LogP contribution in [0.1, 0.15) is 27.7 Å². The second kappa shape index (κ2) is 45.6. The molecule has 8 nitrogen and oxygen atoms in total. The van der Waals surface area contributed by atoms with Crippen LogP contribution >= 0.6 is 70.8 Å². The topological polar surface area (TPSA) is 79.9 Å². The second-order valence-corrected chi connectivity index (χ2v) is 39.2. The summed E-state index contributed by atoms with van der Waals surface area (Å²) in [6.07, 6.45) is 6.96. The molecule has 1 aliphatic heterocycles. The van der Waals surface area contributed by atoms with Gasteiger partial charge in [-0.05, 0) is 177 Å². The minimum atomic E-state index is -0.446. The molecule has 17 heteroatoms. The molecule has 5 heterocycles. The van der Waals surface area contributed by atoms with E-state index in [9.17, 15) is 0 Å². The molecule has 14 aromatic carbocycles. The third kappa shape index (κ3) is 24.8. The first-order valence-corrected chi connectivity index (χ1v) is 46.4. The Morgan fingerprint density at radius 1 is 0.289 bits per heavy atom. The molecule has 4 aromatic heterocycles. The molecule has 0 aliphatic carbocycles. The van der Waals surface area contributed by atoms with Crippen LogP contribution in [-0.2, 0) is 43.8 Å². The first-order valence-electron chi connectivity index (χ1n) is 39.5. The van der Waals surface area contributed by atoms with Gasteiger partial charge in [0.2, 0.25) is 0 Å². The number of fused-ring (bicyclic) bond motifs is 2. The van der Waals surface area contributed by atoms with Gasteiger partial charge in [-0.15, -0.1) is 0 Å². The van der Waals surface area contributed by atoms with Gasteiger partial charge in [-0.3, -0.25) is 0 Å². The molecular formula is C104H92BBrCl2N6O2P4Pd. The summed E-state index contributed by atoms with van der Waals surface area (Å²) < 4.78 is 16.8. The molecule has 121 heavy (non-hydrogen) atoms. The van der Waals surface area contributed by atoms with E-state index < -0.39 is 38.8 Å². The zero-order valence-corrected chi connectivity index (χ0v) is 76.3. The quantitative estimate of drug-likeness (QED) is 0.0613. The number of nitrogens with zero attached hydrogens (tertiary/aromatic N) is 6. The van der Waals surface area contributed by atoms with Crippen molar-refractivity contribution in [2.75, 3.05) is 0 Å². The first kappa shape index (κ1) is 90.0. The molecule has 1 fully saturated rings. The van der Waals surface area contributed by atoms with Crippen LogP contribution in [0.15, 0.2) is 454 Å². The number of aryl methyl sites for hydroxylation is 2. The zero-order valence-electron chi connectivity index (χ0n) is 68.0. The van der Waals surface area contributed by atoms with Crippen LogP contribution in [0.4, 0.5) is 0 Å². The van der Waals surface area contributed by atoms with E-state index in [1.54, 1.807) is 18.7 Å². The van der Waals surface area contributed by atoms with Crippen LogP contribution in [0.25, 0.3) is 33.2 Å². The van der Waals surface area contributed by atoms with Crippen LogP contribution in [0, 0.1) is 0 Å². The Bertz CT molecular complexity index is 5220. The van der Waals surface area contributed by atoms with Crippen molar-refractivity contribution in [3.63, 3.8) is 0 Å². The number of hydrogen-bond acceptors (Lipinski definition) is 6. The van der Waals surface area contributed by atoms with E-state index in [-0.39, 0.29) is 31.6 Å². The first-order chi connectivity index (χ1) is 58.7. The van der Waals surface area contributed by atoms with Gasteiger partial charge in [0.25, 0.3) is 0 Å². The monoisotopic (exact) mass is 1850 g/mol. The van der Waals surface area contributed by atoms with Crippen molar-refractivity contribution in [1.29, 1.82) is 0 Å². The molecule has 0 radical (unpaired) electrons. The van der Waals surface area contributed by atoms with Gasteiger partial charge in [0.1, 0.15) is 10.3 Å². The molecule has 0 unspecified atom stereocenters. The van der Waals surface area contributed by atoms with Gasteiger partial charge >= 0.3 is 7.12 Å². The average Bonchev–Trinajstić information content (AvgIpc) is 1.62. The zero-order chi connectivity index (χ0) is 83.3. The Morgan fingerprint density at radius 2 is 0.529 bits per heavy atom. The Labute approximate surface area is 750 Å². The molecule has 0 spiro atoms. The Balaban J connectivity index is 0.000000130. The van der Waals surface area contributed by atoms with E-state index in [4.69, 9.17) is 32.5 Å². The fourth-order valence-electron chi connectivity index (χ4n) is 13.3. The summed E-state index contributed by atoms with van der Waals surface area (Å²) in [5, 5.41) is 17.7. The number of pyridine rings is 2. The van der Waals surface area contributed by atoms with E-state index in [0.29, 0.717) is 10.3 Å². The van der Waals surface area contributed by atoms with Gasteiger partial charge in [-0.2, -0.15) is 0 Å². The summed E-state index contributed by atoms with van der Waals surface area (Å²) in [7, 11) is 1.74. The third-order valence-electron chi connectivity index (χ3n) is 20.0. The fourth-order valence-corrected chi connectivity index (χ4v) is 23.3. The smallest absolute Gasteiger partial charge is 0.399 e. The third-order valence-corrected chi connectivity index (χ3v) is 30.8. The normalized spacial score (nSPS) is 12.1. The second-order valence-electron chi connectivity index (χ2n) is 28.7. The van der Waals surface area contributed by atoms with E-state index in [2.05, 4.69) is 400 Å². The van der Waals surface area contributed by atoms with Crippen LogP contribution in [-0.4, -0.2) is 47.4 Å². The molecule has 1 aliphatic rings. The van der Waals surface area contributed by atoms with Gasteiger partial charge in [0.15, 0.2) is 0 Å². The summed E-state index contributed by atoms with van der Waals surface area (Å²) in [6, 6.07) is 149. The maximum atomic E-state index is 6.08. The summed E-state index contributed by atoms with van der Waals surface area (Å²) in [6.45, 7) is 8.04. The fraction of sp³-hybridized carbons (Fsp3) is 0.0769. The van der Waals surface area contributed by atoms with Gasteiger partial charge in [-0.25, -0.2) is 19.9 Å². The minimum Gasteiger partial charge on any atom is -0.399 e. The standard InChI is InChI=1S/4C18H15P.C13H10ClN3.C11H15BClNO2.C8H7BrN2.Pd/c4*1-4-10-16(11-5-1)19(17-12-6-2-7-13-17)18-14-8-3-9-15-18;1-17-8-16-11-7-9(4-5-12(11)17)10-3-2-6-15-13(10)14;1-10(2)11(3,4)16-12(15-10)8-6-5-7-14-9(8)13;1-11-5-10-7-4-6(9)2-3-8(7)11;/h4*1-15H;2-8H,1H3;5-7H,1-4H3;2-5H,1H3;. The number of halogens is 3. The van der Waals surface area contributed by atoms with Crippen molar-refractivity contribution in [3.8, 4) is 11.1 Å². The summed E-state index contributed by atoms with van der Waals surface area (Å²) in [4.78, 5) is 16.7. The minimum absolute atomic E-state index is 0. The van der Waals surface area contributed by atoms with Crippen molar-refractivity contribution in [1.82, 2.24) is 29.1 Å². The van der Waals surface area contributed by atoms with Crippen LogP contribution in [0.2, 0.25) is 10.3 Å². The molecular weight excluding hydrogens is 1760 g/mol. The maximum absolute atomic E-state index is 6.08. The van der Waals surface area contributed by atoms with Gasteiger partial charge in [0, 0.05) is 62.4 Å². The van der Waals surface area contributed by atoms with Crippen LogP contribution < -0.4 is 69.1 Å². The van der Waals surface area contributed by atoms with Crippen LogP contribution in [0.3, 0.4) is 0 Å². The number of imidazole rings is 2. The van der Waals surface area contributed by atoms with Gasteiger partial charge in [-0.1, -0.05) is 415 Å². The number of benzene rings is 14. The van der Waals surface area contributed by atoms with Gasteiger partial charge < -0.3 is 18.4 Å². The molecule has 0 atom stereocenters. The number of rotatable bonds is 14. The van der Waals surface area contributed by atoms with Crippen molar-refractivity contribution < 1.29 is 29.7 Å². The van der Waals surface area contributed by atoms with Crippen molar-refractivity contribution in [3.05, 3.63) is 464 Å². The molecule has 0 bridgehead atoms. The summed E-state index contributed by atoms with van der Waals surface area (Å²) in [5.41, 5.74) is 6.31. The predicted molar refractivity (Wildman–Crippen MR) is 523 cm³/mol. The van der Waals surface area contributed by atoms with Crippen molar-refractivity contribution in [2.24, 2.45) is 14.1 Å². The molecule has 0 amide bonds. The SMILES string of the molecule is CC1(C)OB(c2cccnc2Cl)OC1(C)C.Cn1cnc2cc(-c3cccnc3Cl)ccc21.Cn1cnc2cc(Br)ccc21.[Pd].c1ccc(P(c2ccccc2)c2ccccc2)cc1.c1ccc(P(c2ccccc2)c2ccccc2)cc1.c1ccc(P(c2ccccc2)c2ccccc2)cc1.c1ccc(P(c2ccccc2)c2ccccc2)cc1. The Hall–Kier alpha value is -10.3. The van der Waals surface area contributed by atoms with Gasteiger partial charge in [0.05, 0.1) is 45.9 Å². The Morgan fingerprint density at radius 3 is 0.785 bits per heavy atom. The molecule has 0 N–H and O–H groups in total. The van der Waals surface area contributed by atoms with E-state index in [1.165, 1.54) is 63.7 Å². The van der Waals surface area contributed by atoms with Crippen molar-refractivity contribution in [2.45, 2.75) is 38.9 Å². The maximum Gasteiger partial charge on any atom is 0.498 e. The largest absolute Gasteiger partial charge is 0.498 e. The summed E-state index contributed by atoms with van der Waals surface area (Å²) >= 11 is 15.5. The Kier molecular flexibility index (Phi) is 33.9. The molecule has 18 aromatic rings. The van der Waals surface area contributed by atoms with Crippen molar-refractivity contribution >= 4 is 169 Å². The van der Waals surface area contributed by atoms with E-state index in [0.717, 1.165) is 43.1 Å².